The van der Waals surface area contributed by atoms with E-state index in [0.29, 0.717) is 6.54 Å². The molecule has 0 aliphatic rings. The number of ether oxygens (including phenoxy) is 1. The summed E-state index contributed by atoms with van der Waals surface area (Å²) in [5, 5.41) is 4.77. The van der Waals surface area contributed by atoms with E-state index < -0.39 is 0 Å². The molecule has 0 aliphatic heterocycles. The van der Waals surface area contributed by atoms with Gasteiger partial charge < -0.3 is 10.5 Å². The van der Waals surface area contributed by atoms with Crippen LogP contribution in [0, 0.1) is 13.8 Å². The summed E-state index contributed by atoms with van der Waals surface area (Å²) in [5.41, 5.74) is 12.4. The molecule has 124 valence electrons. The van der Waals surface area contributed by atoms with Gasteiger partial charge in [0.25, 0.3) is 0 Å². The van der Waals surface area contributed by atoms with E-state index in [1.54, 1.807) is 7.11 Å². The maximum atomic E-state index is 5.72. The smallest absolute Gasteiger partial charge is 0.119 e. The molecule has 1 aromatic heterocycles. The minimum Gasteiger partial charge on any atom is -0.497 e. The number of benzene rings is 2. The maximum Gasteiger partial charge on any atom is 0.119 e. The second kappa shape index (κ2) is 6.89. The fourth-order valence-corrected chi connectivity index (χ4v) is 2.74. The van der Waals surface area contributed by atoms with Gasteiger partial charge in [-0.15, -0.1) is 0 Å². The largest absolute Gasteiger partial charge is 0.497 e. The highest BCUT2D eigenvalue weighted by Gasteiger charge is 2.12. The van der Waals surface area contributed by atoms with E-state index in [9.17, 15) is 0 Å². The lowest BCUT2D eigenvalue weighted by Gasteiger charge is -2.10. The quantitative estimate of drug-likeness (QED) is 0.780. The van der Waals surface area contributed by atoms with E-state index in [1.165, 1.54) is 11.1 Å². The predicted octanol–water partition coefficient (Wildman–Crippen LogP) is 3.67. The molecule has 24 heavy (non-hydrogen) atoms. The van der Waals surface area contributed by atoms with Crippen molar-refractivity contribution in [1.29, 1.82) is 0 Å². The Labute approximate surface area is 142 Å². The average molecular weight is 321 g/mol. The minimum absolute atomic E-state index is 0.585. The first-order chi connectivity index (χ1) is 11.6. The van der Waals surface area contributed by atoms with Crippen molar-refractivity contribution in [3.63, 3.8) is 0 Å². The number of aryl methyl sites for hydroxylation is 2. The number of rotatable bonds is 5. The molecule has 1 heterocycles. The van der Waals surface area contributed by atoms with Crippen LogP contribution in [0.25, 0.3) is 16.9 Å². The fourth-order valence-electron chi connectivity index (χ4n) is 2.74. The first kappa shape index (κ1) is 16.3. The third kappa shape index (κ3) is 3.19. The second-order valence-electron chi connectivity index (χ2n) is 5.97. The fraction of sp³-hybridized carbons (Fsp3) is 0.250. The molecule has 0 aliphatic carbocycles. The Morgan fingerprint density at radius 1 is 1.04 bits per heavy atom. The van der Waals surface area contributed by atoms with Gasteiger partial charge in [-0.05, 0) is 61.9 Å². The summed E-state index contributed by atoms with van der Waals surface area (Å²) < 4.78 is 7.35. The van der Waals surface area contributed by atoms with Crippen LogP contribution >= 0.6 is 0 Å². The van der Waals surface area contributed by atoms with E-state index in [0.717, 1.165) is 34.8 Å². The van der Waals surface area contributed by atoms with Crippen LogP contribution in [-0.2, 0) is 6.42 Å². The minimum atomic E-state index is 0.585. The van der Waals surface area contributed by atoms with E-state index in [-0.39, 0.29) is 0 Å². The molecule has 0 saturated carbocycles. The Kier molecular flexibility index (Phi) is 4.67. The van der Waals surface area contributed by atoms with Gasteiger partial charge in [0.2, 0.25) is 0 Å². The highest BCUT2D eigenvalue weighted by atomic mass is 16.5. The number of hydrogen-bond acceptors (Lipinski definition) is 3. The highest BCUT2D eigenvalue weighted by Crippen LogP contribution is 2.28. The molecule has 2 N–H and O–H groups in total. The Morgan fingerprint density at radius 2 is 1.88 bits per heavy atom. The Hall–Kier alpha value is -2.59. The molecule has 2 aromatic carbocycles. The molecule has 4 heteroatoms. The SMILES string of the molecule is COc1cccc(-c2cc(CCN)nn2-c2ccc(C)c(C)c2)c1. The number of hydrogen-bond donors (Lipinski definition) is 1. The van der Waals surface area contributed by atoms with Gasteiger partial charge in [-0.1, -0.05) is 18.2 Å². The molecule has 0 saturated heterocycles. The summed E-state index contributed by atoms with van der Waals surface area (Å²) in [4.78, 5) is 0. The molecule has 3 aromatic rings. The van der Waals surface area contributed by atoms with E-state index in [4.69, 9.17) is 15.6 Å². The number of nitrogens with two attached hydrogens (primary N) is 1. The summed E-state index contributed by atoms with van der Waals surface area (Å²) >= 11 is 0. The van der Waals surface area contributed by atoms with Crippen LogP contribution in [0.5, 0.6) is 5.75 Å². The van der Waals surface area contributed by atoms with Crippen LogP contribution in [-0.4, -0.2) is 23.4 Å². The topological polar surface area (TPSA) is 53.1 Å². The summed E-state index contributed by atoms with van der Waals surface area (Å²) in [6, 6.07) is 16.5. The average Bonchev–Trinajstić information content (AvgIpc) is 3.02. The van der Waals surface area contributed by atoms with Crippen molar-refractivity contribution in [1.82, 2.24) is 9.78 Å². The van der Waals surface area contributed by atoms with Crippen molar-refractivity contribution in [2.75, 3.05) is 13.7 Å². The summed E-state index contributed by atoms with van der Waals surface area (Å²) in [6.07, 6.45) is 0.759. The predicted molar refractivity (Wildman–Crippen MR) is 97.8 cm³/mol. The molecule has 0 unspecified atom stereocenters. The van der Waals surface area contributed by atoms with E-state index in [2.05, 4.69) is 44.2 Å². The first-order valence-corrected chi connectivity index (χ1v) is 8.13. The van der Waals surface area contributed by atoms with Gasteiger partial charge >= 0.3 is 0 Å². The van der Waals surface area contributed by atoms with Crippen LogP contribution in [0.4, 0.5) is 0 Å². The maximum absolute atomic E-state index is 5.72. The molecule has 0 bridgehead atoms. The molecule has 3 rings (SSSR count). The lowest BCUT2D eigenvalue weighted by atomic mass is 10.1. The second-order valence-corrected chi connectivity index (χ2v) is 5.97. The first-order valence-electron chi connectivity index (χ1n) is 8.13. The van der Waals surface area contributed by atoms with E-state index >= 15 is 0 Å². The molecular formula is C20H23N3O. The van der Waals surface area contributed by atoms with Crippen molar-refractivity contribution < 1.29 is 4.74 Å². The van der Waals surface area contributed by atoms with Gasteiger partial charge in [-0.25, -0.2) is 4.68 Å². The molecule has 0 amide bonds. The standard InChI is InChI=1S/C20H23N3O/c1-14-7-8-18(11-15(14)2)23-20(13-17(22-23)9-10-21)16-5-4-6-19(12-16)24-3/h4-8,11-13H,9-10,21H2,1-3H3. The van der Waals surface area contributed by atoms with Gasteiger partial charge in [-0.2, -0.15) is 5.10 Å². The van der Waals surface area contributed by atoms with Crippen LogP contribution in [0.15, 0.2) is 48.5 Å². The monoisotopic (exact) mass is 321 g/mol. The zero-order chi connectivity index (χ0) is 17.1. The van der Waals surface area contributed by atoms with Crippen LogP contribution in [0.2, 0.25) is 0 Å². The van der Waals surface area contributed by atoms with Crippen molar-refractivity contribution in [3.05, 3.63) is 65.4 Å². The number of nitrogens with zero attached hydrogens (tertiary/aromatic N) is 2. The Balaban J connectivity index is 2.15. The molecule has 0 fully saturated rings. The van der Waals surface area contributed by atoms with Gasteiger partial charge in [-0.3, -0.25) is 0 Å². The zero-order valence-corrected chi connectivity index (χ0v) is 14.4. The lowest BCUT2D eigenvalue weighted by Crippen LogP contribution is -2.05. The Bertz CT molecular complexity index is 852. The normalized spacial score (nSPS) is 10.8. The van der Waals surface area contributed by atoms with Crippen molar-refractivity contribution in [2.45, 2.75) is 20.3 Å². The van der Waals surface area contributed by atoms with Gasteiger partial charge in [0.1, 0.15) is 5.75 Å². The van der Waals surface area contributed by atoms with Crippen molar-refractivity contribution in [2.24, 2.45) is 5.73 Å². The summed E-state index contributed by atoms with van der Waals surface area (Å²) in [7, 11) is 1.68. The third-order valence-corrected chi connectivity index (χ3v) is 4.26. The van der Waals surface area contributed by atoms with E-state index in [1.807, 2.05) is 22.9 Å². The van der Waals surface area contributed by atoms with Gasteiger partial charge in [0, 0.05) is 12.0 Å². The highest BCUT2D eigenvalue weighted by molar-refractivity contribution is 5.64. The van der Waals surface area contributed by atoms with Crippen molar-refractivity contribution >= 4 is 0 Å². The molecule has 0 radical (unpaired) electrons. The number of aromatic nitrogens is 2. The molecule has 0 spiro atoms. The van der Waals surface area contributed by atoms with Crippen LogP contribution in [0.1, 0.15) is 16.8 Å². The summed E-state index contributed by atoms with van der Waals surface area (Å²) in [5.74, 6) is 0.834. The third-order valence-electron chi connectivity index (χ3n) is 4.26. The molecule has 0 atom stereocenters. The van der Waals surface area contributed by atoms with Crippen LogP contribution < -0.4 is 10.5 Å². The van der Waals surface area contributed by atoms with Crippen LogP contribution in [0.3, 0.4) is 0 Å². The zero-order valence-electron chi connectivity index (χ0n) is 14.4. The molecule has 4 nitrogen and oxygen atoms in total. The molecular weight excluding hydrogens is 298 g/mol. The van der Waals surface area contributed by atoms with Crippen molar-refractivity contribution in [3.8, 4) is 22.7 Å². The lowest BCUT2D eigenvalue weighted by molar-refractivity contribution is 0.415. The Morgan fingerprint density at radius 3 is 2.58 bits per heavy atom. The number of methoxy groups -OCH3 is 1. The van der Waals surface area contributed by atoms with Gasteiger partial charge in [0.05, 0.1) is 24.2 Å². The van der Waals surface area contributed by atoms with Gasteiger partial charge in [0.15, 0.2) is 0 Å². The summed E-state index contributed by atoms with van der Waals surface area (Å²) in [6.45, 7) is 4.82.